The number of nitrogens with one attached hydrogen (secondary N) is 1. The molecule has 0 aliphatic carbocycles. The predicted molar refractivity (Wildman–Crippen MR) is 74.6 cm³/mol. The summed E-state index contributed by atoms with van der Waals surface area (Å²) < 4.78 is 0. The third-order valence-electron chi connectivity index (χ3n) is 2.76. The van der Waals surface area contributed by atoms with Crippen LogP contribution in [0.25, 0.3) is 0 Å². The third kappa shape index (κ3) is 3.99. The van der Waals surface area contributed by atoms with Crippen LogP contribution in [0, 0.1) is 24.2 Å². The molecule has 1 rings (SSSR count). The second-order valence-electron chi connectivity index (χ2n) is 4.70. The van der Waals surface area contributed by atoms with Crippen LogP contribution in [0.3, 0.4) is 0 Å². The summed E-state index contributed by atoms with van der Waals surface area (Å²) in [6.45, 7) is 3.76. The number of hydrogen-bond acceptors (Lipinski definition) is 3. The van der Waals surface area contributed by atoms with Crippen molar-refractivity contribution in [2.45, 2.75) is 13.8 Å². The fraction of sp³-hybridized carbons (Fsp3) is 0.357. The number of rotatable bonds is 4. The second kappa shape index (κ2) is 6.57. The van der Waals surface area contributed by atoms with Crippen molar-refractivity contribution in [3.05, 3.63) is 29.3 Å². The molecule has 20 heavy (non-hydrogen) atoms. The van der Waals surface area contributed by atoms with Gasteiger partial charge in [0.1, 0.15) is 0 Å². The Morgan fingerprint density at radius 3 is 2.70 bits per heavy atom. The lowest BCUT2D eigenvalue weighted by molar-refractivity contribution is 0.0698. The minimum Gasteiger partial charge on any atom is -0.478 e. The second-order valence-corrected chi connectivity index (χ2v) is 4.70. The first-order valence-corrected chi connectivity index (χ1v) is 6.10. The quantitative estimate of drug-likeness (QED) is 0.881. The van der Waals surface area contributed by atoms with Crippen LogP contribution in [0.1, 0.15) is 22.8 Å². The maximum absolute atomic E-state index is 11.9. The Morgan fingerprint density at radius 1 is 1.50 bits per heavy atom. The Labute approximate surface area is 117 Å². The van der Waals surface area contributed by atoms with Gasteiger partial charge in [-0.2, -0.15) is 5.26 Å². The van der Waals surface area contributed by atoms with Gasteiger partial charge in [0, 0.05) is 13.6 Å². The van der Waals surface area contributed by atoms with Crippen LogP contribution in [-0.4, -0.2) is 35.6 Å². The van der Waals surface area contributed by atoms with Crippen LogP contribution in [0.2, 0.25) is 0 Å². The Balaban J connectivity index is 2.86. The van der Waals surface area contributed by atoms with Gasteiger partial charge in [-0.05, 0) is 26.0 Å². The number of benzene rings is 1. The Hall–Kier alpha value is -2.55. The summed E-state index contributed by atoms with van der Waals surface area (Å²) >= 11 is 0. The molecule has 0 heterocycles. The molecule has 2 N–H and O–H groups in total. The number of carbonyl (C=O) groups excluding carboxylic acids is 1. The van der Waals surface area contributed by atoms with Gasteiger partial charge in [0.2, 0.25) is 0 Å². The van der Waals surface area contributed by atoms with E-state index in [1.165, 1.54) is 11.0 Å². The van der Waals surface area contributed by atoms with Gasteiger partial charge in [-0.25, -0.2) is 9.59 Å². The van der Waals surface area contributed by atoms with Crippen LogP contribution in [0.4, 0.5) is 10.5 Å². The zero-order valence-corrected chi connectivity index (χ0v) is 11.7. The van der Waals surface area contributed by atoms with Crippen molar-refractivity contribution in [2.75, 3.05) is 18.9 Å². The molecular weight excluding hydrogens is 258 g/mol. The average molecular weight is 275 g/mol. The van der Waals surface area contributed by atoms with Gasteiger partial charge in [0.15, 0.2) is 0 Å². The summed E-state index contributed by atoms with van der Waals surface area (Å²) in [5, 5.41) is 20.4. The number of anilines is 1. The molecule has 0 aliphatic heterocycles. The molecular formula is C14H17N3O3. The molecule has 1 atom stereocenters. The number of carboxylic acid groups (broad SMARTS) is 1. The SMILES string of the molecule is Cc1ccc(NC(=O)N(C)CC(C)C#N)c(C(=O)O)c1. The number of amides is 2. The number of carbonyl (C=O) groups is 2. The number of nitriles is 1. The first kappa shape index (κ1) is 15.5. The summed E-state index contributed by atoms with van der Waals surface area (Å²) in [7, 11) is 1.55. The molecule has 6 heteroatoms. The lowest BCUT2D eigenvalue weighted by atomic mass is 10.1. The Kier molecular flexibility index (Phi) is 5.09. The minimum atomic E-state index is -1.10. The molecule has 0 fully saturated rings. The number of urea groups is 1. The van der Waals surface area contributed by atoms with Crippen molar-refractivity contribution in [3.63, 3.8) is 0 Å². The largest absolute Gasteiger partial charge is 0.478 e. The van der Waals surface area contributed by atoms with Crippen LogP contribution in [0.15, 0.2) is 18.2 Å². The van der Waals surface area contributed by atoms with Gasteiger partial charge in [0.25, 0.3) is 0 Å². The number of aromatic carboxylic acids is 1. The molecule has 1 aromatic carbocycles. The highest BCUT2D eigenvalue weighted by molar-refractivity contribution is 6.00. The van der Waals surface area contributed by atoms with Crippen molar-refractivity contribution in [1.82, 2.24) is 4.90 Å². The van der Waals surface area contributed by atoms with Gasteiger partial charge in [-0.1, -0.05) is 11.6 Å². The van der Waals surface area contributed by atoms with E-state index in [4.69, 9.17) is 10.4 Å². The third-order valence-corrected chi connectivity index (χ3v) is 2.76. The van der Waals surface area contributed by atoms with Crippen molar-refractivity contribution in [1.29, 1.82) is 5.26 Å². The molecule has 6 nitrogen and oxygen atoms in total. The molecule has 1 aromatic rings. The Bertz CT molecular complexity index is 563. The normalized spacial score (nSPS) is 11.3. The molecule has 0 aromatic heterocycles. The van der Waals surface area contributed by atoms with Crippen LogP contribution in [0.5, 0.6) is 0 Å². The van der Waals surface area contributed by atoms with E-state index in [1.54, 1.807) is 33.0 Å². The standard InChI is InChI=1S/C14H17N3O3/c1-9-4-5-12(11(6-9)13(18)19)16-14(20)17(3)8-10(2)7-15/h4-6,10H,8H2,1-3H3,(H,16,20)(H,18,19). The lowest BCUT2D eigenvalue weighted by Crippen LogP contribution is -2.34. The van der Waals surface area contributed by atoms with Gasteiger partial charge in [0.05, 0.1) is 23.2 Å². The predicted octanol–water partition coefficient (Wildman–Crippen LogP) is 2.32. The molecule has 0 spiro atoms. The minimum absolute atomic E-state index is 0.0417. The van der Waals surface area contributed by atoms with E-state index < -0.39 is 12.0 Å². The fourth-order valence-corrected chi connectivity index (χ4v) is 1.69. The number of aryl methyl sites for hydroxylation is 1. The molecule has 0 radical (unpaired) electrons. The van der Waals surface area contributed by atoms with Crippen molar-refractivity contribution >= 4 is 17.7 Å². The topological polar surface area (TPSA) is 93.4 Å². The highest BCUT2D eigenvalue weighted by Crippen LogP contribution is 2.18. The smallest absolute Gasteiger partial charge is 0.337 e. The van der Waals surface area contributed by atoms with Crippen LogP contribution in [-0.2, 0) is 0 Å². The van der Waals surface area contributed by atoms with Crippen molar-refractivity contribution < 1.29 is 14.7 Å². The first-order valence-electron chi connectivity index (χ1n) is 6.10. The number of carboxylic acids is 1. The van der Waals surface area contributed by atoms with E-state index in [2.05, 4.69) is 5.32 Å². The van der Waals surface area contributed by atoms with E-state index in [0.717, 1.165) is 5.56 Å². The maximum atomic E-state index is 11.9. The maximum Gasteiger partial charge on any atom is 0.337 e. The summed E-state index contributed by atoms with van der Waals surface area (Å²) in [5.74, 6) is -1.39. The summed E-state index contributed by atoms with van der Waals surface area (Å²) in [5.41, 5.74) is 1.08. The monoisotopic (exact) mass is 275 g/mol. The van der Waals surface area contributed by atoms with Gasteiger partial charge >= 0.3 is 12.0 Å². The molecule has 0 bridgehead atoms. The molecule has 0 aliphatic rings. The van der Waals surface area contributed by atoms with E-state index in [0.29, 0.717) is 0 Å². The zero-order valence-electron chi connectivity index (χ0n) is 11.7. The van der Waals surface area contributed by atoms with Crippen LogP contribution >= 0.6 is 0 Å². The fourth-order valence-electron chi connectivity index (χ4n) is 1.69. The van der Waals surface area contributed by atoms with E-state index in [1.807, 2.05) is 6.07 Å². The molecule has 1 unspecified atom stereocenters. The zero-order chi connectivity index (χ0) is 15.3. The summed E-state index contributed by atoms with van der Waals surface area (Å²) in [4.78, 5) is 24.4. The summed E-state index contributed by atoms with van der Waals surface area (Å²) in [6.07, 6.45) is 0. The summed E-state index contributed by atoms with van der Waals surface area (Å²) in [6, 6.07) is 6.36. The number of hydrogen-bond donors (Lipinski definition) is 2. The molecule has 106 valence electrons. The van der Waals surface area contributed by atoms with E-state index >= 15 is 0 Å². The lowest BCUT2D eigenvalue weighted by Gasteiger charge is -2.19. The van der Waals surface area contributed by atoms with Gasteiger partial charge in [-0.15, -0.1) is 0 Å². The number of nitrogens with zero attached hydrogens (tertiary/aromatic N) is 2. The van der Waals surface area contributed by atoms with Crippen molar-refractivity contribution in [3.8, 4) is 6.07 Å². The molecule has 2 amide bonds. The highest BCUT2D eigenvalue weighted by Gasteiger charge is 2.16. The molecule has 0 saturated carbocycles. The van der Waals surface area contributed by atoms with E-state index in [9.17, 15) is 9.59 Å². The van der Waals surface area contributed by atoms with Gasteiger partial charge < -0.3 is 15.3 Å². The average Bonchev–Trinajstić information content (AvgIpc) is 2.40. The van der Waals surface area contributed by atoms with E-state index in [-0.39, 0.29) is 23.7 Å². The molecule has 0 saturated heterocycles. The van der Waals surface area contributed by atoms with Crippen LogP contribution < -0.4 is 5.32 Å². The van der Waals surface area contributed by atoms with Gasteiger partial charge in [-0.3, -0.25) is 0 Å². The first-order chi connectivity index (χ1) is 9.35. The van der Waals surface area contributed by atoms with Crippen molar-refractivity contribution in [2.24, 2.45) is 5.92 Å². The highest BCUT2D eigenvalue weighted by atomic mass is 16.4. The Morgan fingerprint density at radius 2 is 2.15 bits per heavy atom.